The number of nitrogens with one attached hydrogen (secondary N) is 1. The second kappa shape index (κ2) is 4.57. The van der Waals surface area contributed by atoms with Crippen molar-refractivity contribution in [2.24, 2.45) is 0 Å². The summed E-state index contributed by atoms with van der Waals surface area (Å²) in [5.74, 6) is 1.45. The Balaban J connectivity index is 2.56. The van der Waals surface area contributed by atoms with E-state index in [0.717, 1.165) is 27.2 Å². The van der Waals surface area contributed by atoms with E-state index < -0.39 is 0 Å². The number of imidazole rings is 1. The third-order valence-corrected chi connectivity index (χ3v) is 3.04. The van der Waals surface area contributed by atoms with Crippen LogP contribution in [0.25, 0.3) is 11.3 Å². The maximum absolute atomic E-state index is 5.27. The van der Waals surface area contributed by atoms with E-state index in [1.54, 1.807) is 26.7 Å². The van der Waals surface area contributed by atoms with Crippen LogP contribution in [0.4, 0.5) is 0 Å². The number of aromatic nitrogens is 2. The first-order valence-corrected chi connectivity index (χ1v) is 5.46. The lowest BCUT2D eigenvalue weighted by Crippen LogP contribution is -1.91. The molecular formula is C11H11BrN2O2. The van der Waals surface area contributed by atoms with E-state index in [4.69, 9.17) is 9.47 Å². The van der Waals surface area contributed by atoms with Crippen LogP contribution in [0.3, 0.4) is 0 Å². The minimum Gasteiger partial charge on any atom is -0.495 e. The van der Waals surface area contributed by atoms with Gasteiger partial charge in [-0.25, -0.2) is 4.98 Å². The SMILES string of the molecule is COc1cc(-c2cnc[nH]2)cc(OC)c1Br. The Morgan fingerprint density at radius 1 is 1.19 bits per heavy atom. The Hall–Kier alpha value is -1.49. The molecule has 0 fully saturated rings. The van der Waals surface area contributed by atoms with Crippen molar-refractivity contribution >= 4 is 15.9 Å². The summed E-state index contributed by atoms with van der Waals surface area (Å²) in [5.41, 5.74) is 1.89. The summed E-state index contributed by atoms with van der Waals surface area (Å²) < 4.78 is 11.3. The van der Waals surface area contributed by atoms with E-state index in [1.807, 2.05) is 12.1 Å². The fourth-order valence-electron chi connectivity index (χ4n) is 1.44. The minimum atomic E-state index is 0.726. The molecule has 0 aliphatic carbocycles. The molecule has 1 aromatic heterocycles. The molecule has 2 rings (SSSR count). The van der Waals surface area contributed by atoms with Crippen LogP contribution in [0.15, 0.2) is 29.1 Å². The number of halogens is 1. The average Bonchev–Trinajstić information content (AvgIpc) is 2.83. The molecule has 4 nitrogen and oxygen atoms in total. The molecule has 0 aliphatic heterocycles. The Morgan fingerprint density at radius 3 is 2.25 bits per heavy atom. The molecule has 84 valence electrons. The average molecular weight is 283 g/mol. The number of hydrogen-bond donors (Lipinski definition) is 1. The third-order valence-electron chi connectivity index (χ3n) is 2.25. The third kappa shape index (κ3) is 1.90. The fourth-order valence-corrected chi connectivity index (χ4v) is 1.99. The zero-order valence-electron chi connectivity index (χ0n) is 8.95. The van der Waals surface area contributed by atoms with Gasteiger partial charge in [0.2, 0.25) is 0 Å². The summed E-state index contributed by atoms with van der Waals surface area (Å²) in [5, 5.41) is 0. The molecule has 2 aromatic rings. The number of ether oxygens (including phenoxy) is 2. The quantitative estimate of drug-likeness (QED) is 0.942. The Morgan fingerprint density at radius 2 is 1.81 bits per heavy atom. The number of aromatic amines is 1. The summed E-state index contributed by atoms with van der Waals surface area (Å²) in [6, 6.07) is 3.83. The summed E-state index contributed by atoms with van der Waals surface area (Å²) in [6.07, 6.45) is 3.39. The summed E-state index contributed by atoms with van der Waals surface area (Å²) in [7, 11) is 3.24. The van der Waals surface area contributed by atoms with Gasteiger partial charge in [-0.05, 0) is 28.1 Å². The molecule has 0 spiro atoms. The standard InChI is InChI=1S/C11H11BrN2O2/c1-15-9-3-7(8-5-13-6-14-8)4-10(16-2)11(9)12/h3-6H,1-2H3,(H,13,14). The maximum atomic E-state index is 5.27. The molecule has 0 saturated carbocycles. The number of methoxy groups -OCH3 is 2. The monoisotopic (exact) mass is 282 g/mol. The van der Waals surface area contributed by atoms with E-state index in [-0.39, 0.29) is 0 Å². The molecule has 1 N–H and O–H groups in total. The molecular weight excluding hydrogens is 272 g/mol. The van der Waals surface area contributed by atoms with Crippen molar-refractivity contribution < 1.29 is 9.47 Å². The van der Waals surface area contributed by atoms with E-state index in [2.05, 4.69) is 25.9 Å². The first-order valence-electron chi connectivity index (χ1n) is 4.66. The Labute approximate surface area is 102 Å². The predicted octanol–water partition coefficient (Wildman–Crippen LogP) is 2.86. The fraction of sp³-hybridized carbons (Fsp3) is 0.182. The summed E-state index contributed by atoms with van der Waals surface area (Å²) in [6.45, 7) is 0. The van der Waals surface area contributed by atoms with Gasteiger partial charge in [0, 0.05) is 5.56 Å². The number of rotatable bonds is 3. The van der Waals surface area contributed by atoms with E-state index in [0.29, 0.717) is 0 Å². The van der Waals surface area contributed by atoms with Crippen LogP contribution in [-0.4, -0.2) is 24.2 Å². The van der Waals surface area contributed by atoms with Gasteiger partial charge in [-0.3, -0.25) is 0 Å². The van der Waals surface area contributed by atoms with Gasteiger partial charge in [0.15, 0.2) is 0 Å². The van der Waals surface area contributed by atoms with Crippen LogP contribution in [-0.2, 0) is 0 Å². The van der Waals surface area contributed by atoms with Crippen molar-refractivity contribution in [3.8, 4) is 22.8 Å². The summed E-state index contributed by atoms with van der Waals surface area (Å²) >= 11 is 3.42. The highest BCUT2D eigenvalue weighted by Crippen LogP contribution is 2.38. The zero-order chi connectivity index (χ0) is 11.5. The molecule has 0 radical (unpaired) electrons. The van der Waals surface area contributed by atoms with Crippen molar-refractivity contribution in [3.05, 3.63) is 29.1 Å². The van der Waals surface area contributed by atoms with Crippen molar-refractivity contribution in [3.63, 3.8) is 0 Å². The molecule has 1 heterocycles. The van der Waals surface area contributed by atoms with Crippen LogP contribution >= 0.6 is 15.9 Å². The van der Waals surface area contributed by atoms with E-state index in [9.17, 15) is 0 Å². The van der Waals surface area contributed by atoms with Crippen LogP contribution in [0.1, 0.15) is 0 Å². The lowest BCUT2D eigenvalue weighted by atomic mass is 10.1. The second-order valence-electron chi connectivity index (χ2n) is 3.16. The number of nitrogens with zero attached hydrogens (tertiary/aromatic N) is 1. The highest BCUT2D eigenvalue weighted by atomic mass is 79.9. The van der Waals surface area contributed by atoms with Crippen LogP contribution in [0.2, 0.25) is 0 Å². The van der Waals surface area contributed by atoms with Crippen molar-refractivity contribution in [1.29, 1.82) is 0 Å². The molecule has 0 aliphatic rings. The molecule has 0 atom stereocenters. The van der Waals surface area contributed by atoms with Crippen molar-refractivity contribution in [1.82, 2.24) is 9.97 Å². The van der Waals surface area contributed by atoms with Crippen molar-refractivity contribution in [2.75, 3.05) is 14.2 Å². The number of H-pyrrole nitrogens is 1. The Kier molecular flexibility index (Phi) is 3.14. The Bertz CT molecular complexity index is 458. The van der Waals surface area contributed by atoms with Crippen LogP contribution in [0.5, 0.6) is 11.5 Å². The van der Waals surface area contributed by atoms with Gasteiger partial charge in [0.05, 0.1) is 32.4 Å². The van der Waals surface area contributed by atoms with Gasteiger partial charge in [0.1, 0.15) is 16.0 Å². The molecule has 0 bridgehead atoms. The highest BCUT2D eigenvalue weighted by molar-refractivity contribution is 9.10. The number of hydrogen-bond acceptors (Lipinski definition) is 3. The molecule has 1 aromatic carbocycles. The van der Waals surface area contributed by atoms with Crippen molar-refractivity contribution in [2.45, 2.75) is 0 Å². The van der Waals surface area contributed by atoms with E-state index >= 15 is 0 Å². The minimum absolute atomic E-state index is 0.726. The van der Waals surface area contributed by atoms with Gasteiger partial charge in [-0.2, -0.15) is 0 Å². The zero-order valence-corrected chi connectivity index (χ0v) is 10.5. The first-order chi connectivity index (χ1) is 7.76. The van der Waals surface area contributed by atoms with Gasteiger partial charge >= 0.3 is 0 Å². The number of benzene rings is 1. The molecule has 0 unspecified atom stereocenters. The van der Waals surface area contributed by atoms with E-state index in [1.165, 1.54) is 0 Å². The lowest BCUT2D eigenvalue weighted by molar-refractivity contribution is 0.390. The highest BCUT2D eigenvalue weighted by Gasteiger charge is 2.11. The normalized spacial score (nSPS) is 10.2. The molecule has 0 saturated heterocycles. The largest absolute Gasteiger partial charge is 0.495 e. The van der Waals surface area contributed by atoms with Gasteiger partial charge in [-0.15, -0.1) is 0 Å². The molecule has 0 amide bonds. The van der Waals surface area contributed by atoms with Gasteiger partial charge in [0.25, 0.3) is 0 Å². The summed E-state index contributed by atoms with van der Waals surface area (Å²) in [4.78, 5) is 7.02. The topological polar surface area (TPSA) is 47.1 Å². The predicted molar refractivity (Wildman–Crippen MR) is 64.8 cm³/mol. The van der Waals surface area contributed by atoms with Crippen LogP contribution in [0, 0.1) is 0 Å². The second-order valence-corrected chi connectivity index (χ2v) is 3.95. The molecule has 16 heavy (non-hydrogen) atoms. The molecule has 5 heteroatoms. The van der Waals surface area contributed by atoms with Gasteiger partial charge < -0.3 is 14.5 Å². The van der Waals surface area contributed by atoms with Gasteiger partial charge in [-0.1, -0.05) is 0 Å². The van der Waals surface area contributed by atoms with Crippen LogP contribution < -0.4 is 9.47 Å². The lowest BCUT2D eigenvalue weighted by Gasteiger charge is -2.10. The maximum Gasteiger partial charge on any atom is 0.137 e. The smallest absolute Gasteiger partial charge is 0.137 e. The first kappa shape index (κ1) is 11.0.